The molecule has 0 atom stereocenters. The van der Waals surface area contributed by atoms with Gasteiger partial charge in [-0.05, 0) is 37.3 Å². The number of carbonyl (C=O) groups is 1. The SMILES string of the molecule is C=CCn1c(=NC(=O)c2cccc(C)c2)sc2cc(S(N)(=O)=O)ccc21. The number of hydrogen-bond acceptors (Lipinski definition) is 4. The minimum atomic E-state index is -3.80. The molecule has 0 spiro atoms. The number of allylic oxidation sites excluding steroid dienone is 1. The normalized spacial score (nSPS) is 12.5. The van der Waals surface area contributed by atoms with Crippen LogP contribution in [0, 0.1) is 6.92 Å². The molecular formula is C18H17N3O3S2. The van der Waals surface area contributed by atoms with E-state index in [0.717, 1.165) is 11.1 Å². The molecule has 134 valence electrons. The minimum Gasteiger partial charge on any atom is -0.312 e. The van der Waals surface area contributed by atoms with E-state index in [2.05, 4.69) is 11.6 Å². The van der Waals surface area contributed by atoms with Crippen LogP contribution in [0.15, 0.2) is 65.0 Å². The molecular weight excluding hydrogens is 370 g/mol. The van der Waals surface area contributed by atoms with Gasteiger partial charge in [-0.1, -0.05) is 35.1 Å². The fraction of sp³-hybridized carbons (Fsp3) is 0.111. The zero-order valence-corrected chi connectivity index (χ0v) is 15.7. The number of nitrogens with zero attached hydrogens (tertiary/aromatic N) is 2. The molecule has 0 unspecified atom stereocenters. The largest absolute Gasteiger partial charge is 0.312 e. The molecule has 26 heavy (non-hydrogen) atoms. The zero-order chi connectivity index (χ0) is 18.9. The van der Waals surface area contributed by atoms with Crippen molar-refractivity contribution in [1.82, 2.24) is 4.57 Å². The number of hydrogen-bond donors (Lipinski definition) is 1. The molecule has 3 rings (SSSR count). The fourth-order valence-corrected chi connectivity index (χ4v) is 4.24. The second-order valence-corrected chi connectivity index (χ2v) is 8.32. The molecule has 0 saturated heterocycles. The van der Waals surface area contributed by atoms with Crippen molar-refractivity contribution in [3.63, 3.8) is 0 Å². The number of sulfonamides is 1. The number of amides is 1. The van der Waals surface area contributed by atoms with Gasteiger partial charge in [0.05, 0.1) is 15.1 Å². The van der Waals surface area contributed by atoms with Gasteiger partial charge in [0, 0.05) is 12.1 Å². The van der Waals surface area contributed by atoms with Crippen LogP contribution in [-0.4, -0.2) is 18.9 Å². The van der Waals surface area contributed by atoms with Crippen LogP contribution in [0.4, 0.5) is 0 Å². The Hall–Kier alpha value is -2.55. The highest BCUT2D eigenvalue weighted by atomic mass is 32.2. The van der Waals surface area contributed by atoms with Crippen LogP contribution in [0.5, 0.6) is 0 Å². The first-order valence-corrected chi connectivity index (χ1v) is 10.1. The van der Waals surface area contributed by atoms with Crippen LogP contribution in [0.1, 0.15) is 15.9 Å². The number of aromatic nitrogens is 1. The van der Waals surface area contributed by atoms with Gasteiger partial charge in [-0.2, -0.15) is 4.99 Å². The first-order valence-electron chi connectivity index (χ1n) is 7.72. The molecule has 0 bridgehead atoms. The van der Waals surface area contributed by atoms with Crippen LogP contribution in [0.2, 0.25) is 0 Å². The lowest BCUT2D eigenvalue weighted by Gasteiger charge is -2.02. The van der Waals surface area contributed by atoms with Crippen LogP contribution in [0.25, 0.3) is 10.2 Å². The van der Waals surface area contributed by atoms with Crippen molar-refractivity contribution < 1.29 is 13.2 Å². The number of aryl methyl sites for hydroxylation is 1. The molecule has 0 saturated carbocycles. The summed E-state index contributed by atoms with van der Waals surface area (Å²) in [6, 6.07) is 11.8. The van der Waals surface area contributed by atoms with E-state index in [1.54, 1.807) is 30.3 Å². The third-order valence-corrected chi connectivity index (χ3v) is 5.71. The van der Waals surface area contributed by atoms with Crippen LogP contribution in [-0.2, 0) is 16.6 Å². The van der Waals surface area contributed by atoms with Gasteiger partial charge in [-0.3, -0.25) is 4.79 Å². The van der Waals surface area contributed by atoms with Crippen LogP contribution < -0.4 is 9.94 Å². The Bertz CT molecular complexity index is 1190. The van der Waals surface area contributed by atoms with E-state index in [1.807, 2.05) is 17.6 Å². The van der Waals surface area contributed by atoms with E-state index < -0.39 is 10.0 Å². The molecule has 0 aliphatic heterocycles. The molecule has 1 heterocycles. The summed E-state index contributed by atoms with van der Waals surface area (Å²) in [6.07, 6.45) is 1.69. The minimum absolute atomic E-state index is 0.0218. The first-order chi connectivity index (χ1) is 12.3. The Morgan fingerprint density at radius 1 is 1.31 bits per heavy atom. The first kappa shape index (κ1) is 18.2. The standard InChI is InChI=1S/C18H17N3O3S2/c1-3-9-21-15-8-7-14(26(19,23)24)11-16(15)25-18(21)20-17(22)13-6-4-5-12(2)10-13/h3-8,10-11H,1,9H2,2H3,(H2,19,23,24). The predicted octanol–water partition coefficient (Wildman–Crippen LogP) is 2.59. The smallest absolute Gasteiger partial charge is 0.279 e. The van der Waals surface area contributed by atoms with Crippen LogP contribution >= 0.6 is 11.3 Å². The van der Waals surface area contributed by atoms with E-state index in [1.165, 1.54) is 23.5 Å². The second-order valence-electron chi connectivity index (χ2n) is 5.74. The lowest BCUT2D eigenvalue weighted by atomic mass is 10.1. The number of thiazole rings is 1. The summed E-state index contributed by atoms with van der Waals surface area (Å²) in [5.74, 6) is -0.357. The van der Waals surface area contributed by atoms with E-state index >= 15 is 0 Å². The summed E-state index contributed by atoms with van der Waals surface area (Å²) in [6.45, 7) is 6.08. The van der Waals surface area contributed by atoms with E-state index in [4.69, 9.17) is 5.14 Å². The van der Waals surface area contributed by atoms with Crippen molar-refractivity contribution in [2.24, 2.45) is 10.1 Å². The van der Waals surface area contributed by atoms with Gasteiger partial charge in [0.2, 0.25) is 10.0 Å². The Morgan fingerprint density at radius 3 is 2.73 bits per heavy atom. The molecule has 0 radical (unpaired) electrons. The zero-order valence-electron chi connectivity index (χ0n) is 14.0. The van der Waals surface area contributed by atoms with Gasteiger partial charge < -0.3 is 4.57 Å². The Balaban J connectivity index is 2.19. The average molecular weight is 387 g/mol. The molecule has 0 fully saturated rings. The van der Waals surface area contributed by atoms with Crippen molar-refractivity contribution in [3.05, 3.63) is 71.0 Å². The summed E-state index contributed by atoms with van der Waals surface area (Å²) in [5.41, 5.74) is 2.23. The lowest BCUT2D eigenvalue weighted by molar-refractivity contribution is 0.0998. The van der Waals surface area contributed by atoms with Gasteiger partial charge in [0.25, 0.3) is 5.91 Å². The Morgan fingerprint density at radius 2 is 2.08 bits per heavy atom. The number of rotatable bonds is 4. The third-order valence-electron chi connectivity index (χ3n) is 3.76. The third kappa shape index (κ3) is 3.67. The molecule has 0 aliphatic carbocycles. The van der Waals surface area contributed by atoms with Crippen molar-refractivity contribution in [2.45, 2.75) is 18.4 Å². The second kappa shape index (κ2) is 6.99. The Kier molecular flexibility index (Phi) is 4.90. The number of nitrogens with two attached hydrogens (primary N) is 1. The quantitative estimate of drug-likeness (QED) is 0.697. The lowest BCUT2D eigenvalue weighted by Crippen LogP contribution is -2.16. The highest BCUT2D eigenvalue weighted by Crippen LogP contribution is 2.21. The number of carbonyl (C=O) groups excluding carboxylic acids is 1. The molecule has 8 heteroatoms. The molecule has 1 aromatic heterocycles. The molecule has 3 aromatic rings. The molecule has 2 aromatic carbocycles. The van der Waals surface area contributed by atoms with Crippen molar-refractivity contribution >= 4 is 37.5 Å². The fourth-order valence-electron chi connectivity index (χ4n) is 2.55. The molecule has 2 N–H and O–H groups in total. The van der Waals surface area contributed by atoms with Gasteiger partial charge in [-0.25, -0.2) is 13.6 Å². The van der Waals surface area contributed by atoms with Gasteiger partial charge >= 0.3 is 0 Å². The monoisotopic (exact) mass is 387 g/mol. The van der Waals surface area contributed by atoms with E-state index in [0.29, 0.717) is 21.6 Å². The average Bonchev–Trinajstić information content (AvgIpc) is 2.91. The van der Waals surface area contributed by atoms with E-state index in [-0.39, 0.29) is 10.8 Å². The maximum absolute atomic E-state index is 12.5. The number of fused-ring (bicyclic) bond motifs is 1. The highest BCUT2D eigenvalue weighted by molar-refractivity contribution is 7.89. The van der Waals surface area contributed by atoms with Crippen molar-refractivity contribution in [3.8, 4) is 0 Å². The summed E-state index contributed by atoms with van der Waals surface area (Å²) < 4.78 is 25.6. The van der Waals surface area contributed by atoms with Crippen molar-refractivity contribution in [1.29, 1.82) is 0 Å². The molecule has 1 amide bonds. The number of benzene rings is 2. The van der Waals surface area contributed by atoms with Gasteiger partial charge in [-0.15, -0.1) is 6.58 Å². The van der Waals surface area contributed by atoms with Crippen LogP contribution in [0.3, 0.4) is 0 Å². The maximum atomic E-state index is 12.5. The summed E-state index contributed by atoms with van der Waals surface area (Å²) in [5, 5.41) is 5.20. The highest BCUT2D eigenvalue weighted by Gasteiger charge is 2.13. The Labute approximate surface area is 155 Å². The maximum Gasteiger partial charge on any atom is 0.279 e. The predicted molar refractivity (Wildman–Crippen MR) is 102 cm³/mol. The summed E-state index contributed by atoms with van der Waals surface area (Å²) in [7, 11) is -3.80. The molecule has 0 aliphatic rings. The van der Waals surface area contributed by atoms with Gasteiger partial charge in [0.15, 0.2) is 4.80 Å². The van der Waals surface area contributed by atoms with Gasteiger partial charge in [0.1, 0.15) is 0 Å². The summed E-state index contributed by atoms with van der Waals surface area (Å²) >= 11 is 1.23. The molecule has 6 nitrogen and oxygen atoms in total. The summed E-state index contributed by atoms with van der Waals surface area (Å²) in [4.78, 5) is 17.2. The topological polar surface area (TPSA) is 94.5 Å². The number of primary sulfonamides is 1. The van der Waals surface area contributed by atoms with Crippen molar-refractivity contribution in [2.75, 3.05) is 0 Å². The van der Waals surface area contributed by atoms with E-state index in [9.17, 15) is 13.2 Å².